The summed E-state index contributed by atoms with van der Waals surface area (Å²) in [5.41, 5.74) is 0. The molecular weight excluding hydrogens is 478 g/mol. The Kier molecular flexibility index (Phi) is 11.6. The number of nitrogens with zero attached hydrogens (tertiary/aromatic N) is 4. The highest BCUT2D eigenvalue weighted by molar-refractivity contribution is 8.01. The van der Waals surface area contributed by atoms with Gasteiger partial charge < -0.3 is 14.7 Å². The van der Waals surface area contributed by atoms with Crippen LogP contribution in [0, 0.1) is 5.92 Å². The molecule has 0 aromatic carbocycles. The highest BCUT2D eigenvalue weighted by Gasteiger charge is 2.35. The molecule has 3 amide bonds. The highest BCUT2D eigenvalue weighted by Crippen LogP contribution is 2.33. The fourth-order valence-corrected chi connectivity index (χ4v) is 7.21. The Bertz CT molecular complexity index is 784. The minimum atomic E-state index is -0.0167. The molecule has 3 rings (SSSR count). The lowest BCUT2D eigenvalue weighted by molar-refractivity contribution is -0.132. The molecule has 0 radical (unpaired) electrons. The predicted octanol–water partition coefficient (Wildman–Crippen LogP) is 5.78. The Morgan fingerprint density at radius 3 is 2.37 bits per heavy atom. The van der Waals surface area contributed by atoms with Crippen molar-refractivity contribution in [2.45, 2.75) is 95.4 Å². The number of thioether (sulfide) groups is 1. The molecule has 1 saturated heterocycles. The van der Waals surface area contributed by atoms with E-state index in [1.54, 1.807) is 11.3 Å². The van der Waals surface area contributed by atoms with Crippen LogP contribution in [0.2, 0.25) is 0 Å². The van der Waals surface area contributed by atoms with Crippen LogP contribution >= 0.6 is 23.1 Å². The van der Waals surface area contributed by atoms with Gasteiger partial charge in [0.05, 0.1) is 10.4 Å². The summed E-state index contributed by atoms with van der Waals surface area (Å²) in [5, 5.41) is 3.82. The number of aromatic nitrogens is 1. The molecule has 0 atom stereocenters. The van der Waals surface area contributed by atoms with Crippen molar-refractivity contribution in [2.24, 2.45) is 5.92 Å². The van der Waals surface area contributed by atoms with Crippen molar-refractivity contribution in [1.29, 1.82) is 0 Å². The van der Waals surface area contributed by atoms with Crippen LogP contribution in [-0.2, 0) is 4.79 Å². The van der Waals surface area contributed by atoms with Crippen LogP contribution in [0.5, 0.6) is 0 Å². The molecule has 35 heavy (non-hydrogen) atoms. The second kappa shape index (κ2) is 14.4. The quantitative estimate of drug-likeness (QED) is 0.372. The van der Waals surface area contributed by atoms with Gasteiger partial charge >= 0.3 is 6.03 Å². The number of urea groups is 1. The zero-order valence-corrected chi connectivity index (χ0v) is 23.8. The van der Waals surface area contributed by atoms with E-state index in [9.17, 15) is 9.59 Å². The first kappa shape index (κ1) is 28.3. The largest absolute Gasteiger partial charge is 0.343 e. The standard InChI is InChI=1S/C26H45N5O2S2/c1-5-8-23(32)30-15-13-22(14-16-30)31(21-11-9-20(4)10-12-21)26(33)28-25-27-19-24(35-25)34-18-17-29(6-2)7-3/h19-22H,5-18H2,1-4H3,(H,27,28,33)/t20-,21-. The molecule has 1 saturated carbocycles. The van der Waals surface area contributed by atoms with Crippen LogP contribution in [0.1, 0.15) is 79.1 Å². The summed E-state index contributed by atoms with van der Waals surface area (Å²) in [6, 6.07) is 0.441. The molecule has 2 heterocycles. The van der Waals surface area contributed by atoms with Gasteiger partial charge in [-0.1, -0.05) is 39.0 Å². The number of rotatable bonds is 11. The zero-order chi connectivity index (χ0) is 25.2. The maximum Gasteiger partial charge on any atom is 0.324 e. The highest BCUT2D eigenvalue weighted by atomic mass is 32.2. The van der Waals surface area contributed by atoms with Crippen LogP contribution in [-0.4, -0.2) is 82.2 Å². The third-order valence-electron chi connectivity index (χ3n) is 7.53. The van der Waals surface area contributed by atoms with E-state index in [0.717, 1.165) is 80.7 Å². The zero-order valence-electron chi connectivity index (χ0n) is 22.1. The third-order valence-corrected chi connectivity index (χ3v) is 9.62. The number of hydrogen-bond acceptors (Lipinski definition) is 6. The minimum Gasteiger partial charge on any atom is -0.343 e. The van der Waals surface area contributed by atoms with Crippen molar-refractivity contribution in [2.75, 3.05) is 43.8 Å². The number of hydrogen-bond donors (Lipinski definition) is 1. The number of carbonyl (C=O) groups excluding carboxylic acids is 2. The van der Waals surface area contributed by atoms with E-state index in [4.69, 9.17) is 0 Å². The lowest BCUT2D eigenvalue weighted by Gasteiger charge is -2.44. The van der Waals surface area contributed by atoms with Gasteiger partial charge in [-0.05, 0) is 64.0 Å². The first-order chi connectivity index (χ1) is 16.9. The smallest absolute Gasteiger partial charge is 0.324 e. The molecule has 1 aliphatic heterocycles. The summed E-state index contributed by atoms with van der Waals surface area (Å²) >= 11 is 3.38. The number of likely N-dealkylation sites (tertiary alicyclic amines) is 1. The monoisotopic (exact) mass is 523 g/mol. The number of nitrogens with one attached hydrogen (secondary N) is 1. The van der Waals surface area contributed by atoms with Gasteiger partial charge in [-0.3, -0.25) is 10.1 Å². The van der Waals surface area contributed by atoms with Crippen LogP contribution in [0.15, 0.2) is 10.4 Å². The first-order valence-electron chi connectivity index (χ1n) is 13.6. The van der Waals surface area contributed by atoms with Gasteiger partial charge in [0.2, 0.25) is 5.91 Å². The summed E-state index contributed by atoms with van der Waals surface area (Å²) in [6.45, 7) is 13.5. The predicted molar refractivity (Wildman–Crippen MR) is 147 cm³/mol. The molecule has 0 bridgehead atoms. The Morgan fingerprint density at radius 2 is 1.74 bits per heavy atom. The minimum absolute atomic E-state index is 0.0167. The molecule has 7 nitrogen and oxygen atoms in total. The van der Waals surface area contributed by atoms with Crippen LogP contribution in [0.3, 0.4) is 0 Å². The maximum absolute atomic E-state index is 13.6. The van der Waals surface area contributed by atoms with Gasteiger partial charge in [-0.2, -0.15) is 0 Å². The van der Waals surface area contributed by atoms with Gasteiger partial charge in [0, 0.05) is 43.9 Å². The van der Waals surface area contributed by atoms with E-state index in [1.807, 2.05) is 29.8 Å². The average Bonchev–Trinajstić information content (AvgIpc) is 3.30. The lowest BCUT2D eigenvalue weighted by Crippen LogP contribution is -2.54. The fraction of sp³-hybridized carbons (Fsp3) is 0.808. The third kappa shape index (κ3) is 8.35. The van der Waals surface area contributed by atoms with Gasteiger partial charge in [-0.15, -0.1) is 11.8 Å². The molecule has 198 valence electrons. The topological polar surface area (TPSA) is 68.8 Å². The van der Waals surface area contributed by atoms with Gasteiger partial charge in [0.15, 0.2) is 5.13 Å². The molecule has 1 aromatic rings. The molecule has 1 aromatic heterocycles. The number of carbonyl (C=O) groups is 2. The SMILES string of the molecule is CCCC(=O)N1CCC(N(C(=O)Nc2ncc(SCCN(CC)CC)s2)[C@H]2CC[C@H](C)CC2)CC1. The summed E-state index contributed by atoms with van der Waals surface area (Å²) in [4.78, 5) is 37.0. The average molecular weight is 524 g/mol. The molecule has 1 N–H and O–H groups in total. The lowest BCUT2D eigenvalue weighted by atomic mass is 9.85. The second-order valence-corrected chi connectivity index (χ2v) is 12.4. The summed E-state index contributed by atoms with van der Waals surface area (Å²) in [6.07, 6.45) is 9.59. The molecule has 0 unspecified atom stereocenters. The normalized spacial score (nSPS) is 21.3. The number of amides is 3. The summed E-state index contributed by atoms with van der Waals surface area (Å²) in [5.74, 6) is 2.01. The van der Waals surface area contributed by atoms with Gasteiger partial charge in [0.1, 0.15) is 0 Å². The number of thiazole rings is 1. The van der Waals surface area contributed by atoms with Crippen molar-refractivity contribution in [1.82, 2.24) is 19.7 Å². The van der Waals surface area contributed by atoms with E-state index in [2.05, 4.69) is 40.9 Å². The Hall–Kier alpha value is -1.32. The molecular formula is C26H45N5O2S2. The maximum atomic E-state index is 13.6. The van der Waals surface area contributed by atoms with Crippen LogP contribution in [0.4, 0.5) is 9.93 Å². The van der Waals surface area contributed by atoms with Crippen molar-refractivity contribution >= 4 is 40.2 Å². The van der Waals surface area contributed by atoms with Crippen molar-refractivity contribution in [3.8, 4) is 0 Å². The molecule has 1 aliphatic carbocycles. The number of anilines is 1. The van der Waals surface area contributed by atoms with E-state index in [1.165, 1.54) is 12.8 Å². The summed E-state index contributed by atoms with van der Waals surface area (Å²) in [7, 11) is 0. The van der Waals surface area contributed by atoms with Crippen LogP contribution < -0.4 is 5.32 Å². The van der Waals surface area contributed by atoms with Crippen LogP contribution in [0.25, 0.3) is 0 Å². The van der Waals surface area contributed by atoms with Gasteiger partial charge in [-0.25, -0.2) is 9.78 Å². The Labute approximate surface area is 220 Å². The fourth-order valence-electron chi connectivity index (χ4n) is 5.27. The van der Waals surface area contributed by atoms with E-state index in [-0.39, 0.29) is 24.0 Å². The number of piperidine rings is 1. The second-order valence-electron chi connectivity index (χ2n) is 9.97. The molecule has 2 fully saturated rings. The van der Waals surface area contributed by atoms with E-state index < -0.39 is 0 Å². The molecule has 2 aliphatic rings. The molecule has 9 heteroatoms. The molecule has 0 spiro atoms. The van der Waals surface area contributed by atoms with Gasteiger partial charge in [0.25, 0.3) is 0 Å². The van der Waals surface area contributed by atoms with E-state index >= 15 is 0 Å². The van der Waals surface area contributed by atoms with Crippen molar-refractivity contribution in [3.05, 3.63) is 6.20 Å². The Morgan fingerprint density at radius 1 is 1.09 bits per heavy atom. The summed E-state index contributed by atoms with van der Waals surface area (Å²) < 4.78 is 1.15. The first-order valence-corrected chi connectivity index (χ1v) is 15.4. The van der Waals surface area contributed by atoms with Crippen molar-refractivity contribution in [3.63, 3.8) is 0 Å². The Balaban J connectivity index is 1.60. The van der Waals surface area contributed by atoms with E-state index in [0.29, 0.717) is 11.6 Å². The van der Waals surface area contributed by atoms with Crippen molar-refractivity contribution < 1.29 is 9.59 Å².